The molecule has 1 aliphatic heterocycles. The summed E-state index contributed by atoms with van der Waals surface area (Å²) in [5.74, 6) is 0.0815. The van der Waals surface area contributed by atoms with Gasteiger partial charge in [-0.3, -0.25) is 14.9 Å². The SMILES string of the molecule is Cc1cc([N+](=O)[O-])cnc1NC(=O)C1CCCO1. The van der Waals surface area contributed by atoms with Gasteiger partial charge >= 0.3 is 0 Å². The molecule has 1 saturated heterocycles. The Morgan fingerprint density at radius 2 is 2.44 bits per heavy atom. The van der Waals surface area contributed by atoms with Crippen molar-refractivity contribution in [3.05, 3.63) is 27.9 Å². The zero-order valence-corrected chi connectivity index (χ0v) is 9.88. The van der Waals surface area contributed by atoms with Gasteiger partial charge in [0, 0.05) is 12.7 Å². The summed E-state index contributed by atoms with van der Waals surface area (Å²) >= 11 is 0. The number of nitrogens with zero attached hydrogens (tertiary/aromatic N) is 2. The van der Waals surface area contributed by atoms with Crippen molar-refractivity contribution < 1.29 is 14.5 Å². The van der Waals surface area contributed by atoms with E-state index in [2.05, 4.69) is 10.3 Å². The molecule has 1 amide bonds. The topological polar surface area (TPSA) is 94.4 Å². The summed E-state index contributed by atoms with van der Waals surface area (Å²) in [5.41, 5.74) is 0.457. The minimum absolute atomic E-state index is 0.0948. The number of nitro groups is 1. The number of ether oxygens (including phenoxy) is 1. The normalized spacial score (nSPS) is 18.6. The predicted octanol–water partition coefficient (Wildman–Crippen LogP) is 1.42. The summed E-state index contributed by atoms with van der Waals surface area (Å²) < 4.78 is 5.24. The van der Waals surface area contributed by atoms with Gasteiger partial charge in [-0.25, -0.2) is 4.98 Å². The maximum absolute atomic E-state index is 11.8. The fraction of sp³-hybridized carbons (Fsp3) is 0.455. The van der Waals surface area contributed by atoms with Crippen LogP contribution in [0.1, 0.15) is 18.4 Å². The van der Waals surface area contributed by atoms with Crippen molar-refractivity contribution in [2.45, 2.75) is 25.9 Å². The first kappa shape index (κ1) is 12.4. The highest BCUT2D eigenvalue weighted by Crippen LogP contribution is 2.19. The van der Waals surface area contributed by atoms with Crippen LogP contribution in [-0.2, 0) is 9.53 Å². The van der Waals surface area contributed by atoms with E-state index >= 15 is 0 Å². The molecule has 0 aliphatic carbocycles. The zero-order valence-electron chi connectivity index (χ0n) is 9.88. The first-order valence-electron chi connectivity index (χ1n) is 5.61. The summed E-state index contributed by atoms with van der Waals surface area (Å²) in [4.78, 5) is 25.7. The van der Waals surface area contributed by atoms with Gasteiger partial charge in [0.15, 0.2) is 0 Å². The minimum Gasteiger partial charge on any atom is -0.368 e. The zero-order chi connectivity index (χ0) is 13.1. The van der Waals surface area contributed by atoms with Crippen LogP contribution < -0.4 is 5.32 Å². The molecule has 18 heavy (non-hydrogen) atoms. The molecule has 0 radical (unpaired) electrons. The quantitative estimate of drug-likeness (QED) is 0.647. The maximum atomic E-state index is 11.8. The van der Waals surface area contributed by atoms with Crippen LogP contribution in [-0.4, -0.2) is 28.5 Å². The highest BCUT2D eigenvalue weighted by Gasteiger charge is 2.24. The van der Waals surface area contributed by atoms with Crippen LogP contribution in [0, 0.1) is 17.0 Å². The molecule has 2 heterocycles. The minimum atomic E-state index is -0.522. The third kappa shape index (κ3) is 2.62. The lowest BCUT2D eigenvalue weighted by molar-refractivity contribution is -0.385. The number of aromatic nitrogens is 1. The number of aryl methyl sites for hydroxylation is 1. The Labute approximate surface area is 103 Å². The average Bonchev–Trinajstić information content (AvgIpc) is 2.85. The molecule has 1 N–H and O–H groups in total. The summed E-state index contributed by atoms with van der Waals surface area (Å²) in [6.07, 6.45) is 2.24. The Morgan fingerprint density at radius 3 is 3.00 bits per heavy atom. The summed E-state index contributed by atoms with van der Waals surface area (Å²) in [6, 6.07) is 1.37. The average molecular weight is 251 g/mol. The Bertz CT molecular complexity index is 483. The molecule has 1 atom stereocenters. The van der Waals surface area contributed by atoms with Crippen LogP contribution in [0.3, 0.4) is 0 Å². The van der Waals surface area contributed by atoms with Gasteiger partial charge in [0.2, 0.25) is 0 Å². The molecule has 0 bridgehead atoms. The van der Waals surface area contributed by atoms with Crippen LogP contribution in [0.25, 0.3) is 0 Å². The predicted molar refractivity (Wildman–Crippen MR) is 63.2 cm³/mol. The van der Waals surface area contributed by atoms with E-state index in [1.807, 2.05) is 0 Å². The van der Waals surface area contributed by atoms with Crippen LogP contribution >= 0.6 is 0 Å². The van der Waals surface area contributed by atoms with Gasteiger partial charge in [0.05, 0.1) is 4.92 Å². The van der Waals surface area contributed by atoms with Crippen LogP contribution in [0.2, 0.25) is 0 Å². The highest BCUT2D eigenvalue weighted by atomic mass is 16.6. The van der Waals surface area contributed by atoms with Gasteiger partial charge in [0.1, 0.15) is 18.1 Å². The Kier molecular flexibility index (Phi) is 3.52. The van der Waals surface area contributed by atoms with Crippen LogP contribution in [0.15, 0.2) is 12.3 Å². The second-order valence-corrected chi connectivity index (χ2v) is 4.11. The third-order valence-corrected chi connectivity index (χ3v) is 2.74. The van der Waals surface area contributed by atoms with Crippen molar-refractivity contribution in [3.8, 4) is 0 Å². The Morgan fingerprint density at radius 1 is 1.67 bits per heavy atom. The number of carbonyl (C=O) groups excluding carboxylic acids is 1. The summed E-state index contributed by atoms with van der Waals surface area (Å²) in [5, 5.41) is 13.2. The standard InChI is InChI=1S/C11H13N3O4/c1-7-5-8(14(16)17)6-12-10(7)13-11(15)9-3-2-4-18-9/h5-6,9H,2-4H2,1H3,(H,12,13,15). The molecule has 96 valence electrons. The van der Waals surface area contributed by atoms with Gasteiger partial charge in [0.25, 0.3) is 11.6 Å². The molecule has 1 aromatic rings. The lowest BCUT2D eigenvalue weighted by Gasteiger charge is -2.11. The largest absolute Gasteiger partial charge is 0.368 e. The van der Waals surface area contributed by atoms with E-state index in [1.165, 1.54) is 6.07 Å². The van der Waals surface area contributed by atoms with Crippen molar-refractivity contribution in [1.29, 1.82) is 0 Å². The molecule has 7 nitrogen and oxygen atoms in total. The molecule has 1 aliphatic rings. The number of nitrogens with one attached hydrogen (secondary N) is 1. The number of carbonyl (C=O) groups is 1. The van der Waals surface area contributed by atoms with Crippen LogP contribution in [0.4, 0.5) is 11.5 Å². The van der Waals surface area contributed by atoms with Gasteiger partial charge in [-0.2, -0.15) is 0 Å². The van der Waals surface area contributed by atoms with E-state index in [-0.39, 0.29) is 11.6 Å². The van der Waals surface area contributed by atoms with Crippen molar-refractivity contribution >= 4 is 17.4 Å². The highest BCUT2D eigenvalue weighted by molar-refractivity contribution is 5.94. The van der Waals surface area contributed by atoms with E-state index in [4.69, 9.17) is 4.74 Å². The molecule has 1 aromatic heterocycles. The molecule has 0 saturated carbocycles. The molecule has 2 rings (SSSR count). The fourth-order valence-corrected chi connectivity index (χ4v) is 1.77. The van der Waals surface area contributed by atoms with Crippen molar-refractivity contribution in [1.82, 2.24) is 4.98 Å². The molecule has 0 aromatic carbocycles. The van der Waals surface area contributed by atoms with Crippen molar-refractivity contribution in [3.63, 3.8) is 0 Å². The first-order chi connectivity index (χ1) is 8.58. The van der Waals surface area contributed by atoms with E-state index < -0.39 is 11.0 Å². The molecule has 7 heteroatoms. The molecular formula is C11H13N3O4. The van der Waals surface area contributed by atoms with E-state index in [0.29, 0.717) is 24.4 Å². The molecular weight excluding hydrogens is 238 g/mol. The van der Waals surface area contributed by atoms with Crippen molar-refractivity contribution in [2.75, 3.05) is 11.9 Å². The maximum Gasteiger partial charge on any atom is 0.287 e. The molecule has 1 unspecified atom stereocenters. The third-order valence-electron chi connectivity index (χ3n) is 2.74. The lowest BCUT2D eigenvalue weighted by atomic mass is 10.2. The summed E-state index contributed by atoms with van der Waals surface area (Å²) in [6.45, 7) is 2.25. The monoisotopic (exact) mass is 251 g/mol. The number of rotatable bonds is 3. The Hall–Kier alpha value is -2.02. The van der Waals surface area contributed by atoms with E-state index in [9.17, 15) is 14.9 Å². The van der Waals surface area contributed by atoms with Gasteiger partial charge in [-0.05, 0) is 25.3 Å². The van der Waals surface area contributed by atoms with E-state index in [0.717, 1.165) is 12.6 Å². The number of hydrogen-bond donors (Lipinski definition) is 1. The summed E-state index contributed by atoms with van der Waals surface area (Å²) in [7, 11) is 0. The number of pyridine rings is 1. The molecule has 1 fully saturated rings. The lowest BCUT2D eigenvalue weighted by Crippen LogP contribution is -2.27. The first-order valence-corrected chi connectivity index (χ1v) is 5.61. The second-order valence-electron chi connectivity index (χ2n) is 4.11. The fourth-order valence-electron chi connectivity index (χ4n) is 1.77. The number of amides is 1. The van der Waals surface area contributed by atoms with Gasteiger partial charge in [-0.1, -0.05) is 0 Å². The second kappa shape index (κ2) is 5.09. The van der Waals surface area contributed by atoms with Gasteiger partial charge < -0.3 is 10.1 Å². The number of hydrogen-bond acceptors (Lipinski definition) is 5. The van der Waals surface area contributed by atoms with Gasteiger partial charge in [-0.15, -0.1) is 0 Å². The number of anilines is 1. The van der Waals surface area contributed by atoms with E-state index in [1.54, 1.807) is 6.92 Å². The Balaban J connectivity index is 2.09. The van der Waals surface area contributed by atoms with Crippen molar-refractivity contribution in [2.24, 2.45) is 0 Å². The molecule has 0 spiro atoms. The smallest absolute Gasteiger partial charge is 0.287 e. The van der Waals surface area contributed by atoms with Crippen LogP contribution in [0.5, 0.6) is 0 Å².